The van der Waals surface area contributed by atoms with Crippen LogP contribution in [0.2, 0.25) is 0 Å². The van der Waals surface area contributed by atoms with E-state index in [9.17, 15) is 4.79 Å². The van der Waals surface area contributed by atoms with Crippen molar-refractivity contribution in [3.63, 3.8) is 0 Å². The first-order valence-electron chi connectivity index (χ1n) is 7.97. The van der Waals surface area contributed by atoms with Crippen LogP contribution in [0.1, 0.15) is 38.2 Å². The maximum absolute atomic E-state index is 12.6. The Morgan fingerprint density at radius 1 is 1.29 bits per heavy atom. The summed E-state index contributed by atoms with van der Waals surface area (Å²) in [4.78, 5) is 17.9. The first-order valence-corrected chi connectivity index (χ1v) is 7.97. The topological polar surface area (TPSA) is 36.1 Å². The molecule has 1 aliphatic rings. The van der Waals surface area contributed by atoms with Crippen molar-refractivity contribution in [3.05, 3.63) is 36.0 Å². The van der Waals surface area contributed by atoms with E-state index in [-0.39, 0.29) is 5.91 Å². The average Bonchev–Trinajstić information content (AvgIpc) is 2.90. The monoisotopic (exact) mass is 284 g/mol. The molecule has 3 nitrogen and oxygen atoms in total. The highest BCUT2D eigenvalue weighted by atomic mass is 16.2. The summed E-state index contributed by atoms with van der Waals surface area (Å²) in [7, 11) is 1.98. The number of nitrogens with one attached hydrogen (secondary N) is 1. The van der Waals surface area contributed by atoms with Crippen LogP contribution in [-0.4, -0.2) is 28.9 Å². The number of rotatable bonds is 3. The van der Waals surface area contributed by atoms with E-state index in [0.717, 1.165) is 22.9 Å². The summed E-state index contributed by atoms with van der Waals surface area (Å²) in [5.74, 6) is 0.856. The van der Waals surface area contributed by atoms with Crippen molar-refractivity contribution in [2.75, 3.05) is 7.05 Å². The Hall–Kier alpha value is -1.77. The number of carbonyl (C=O) groups excluding carboxylic acids is 1. The first kappa shape index (κ1) is 14.2. The van der Waals surface area contributed by atoms with Gasteiger partial charge in [0.15, 0.2) is 0 Å². The maximum Gasteiger partial charge on any atom is 0.227 e. The number of fused-ring (bicyclic) bond motifs is 1. The molecule has 3 heteroatoms. The van der Waals surface area contributed by atoms with Crippen LogP contribution in [0, 0.1) is 5.92 Å². The number of H-pyrrole nitrogens is 1. The van der Waals surface area contributed by atoms with Crippen molar-refractivity contribution in [1.82, 2.24) is 9.88 Å². The Balaban J connectivity index is 1.73. The van der Waals surface area contributed by atoms with E-state index in [1.807, 2.05) is 30.3 Å². The molecule has 21 heavy (non-hydrogen) atoms. The first-order chi connectivity index (χ1) is 10.2. The van der Waals surface area contributed by atoms with Gasteiger partial charge in [0.2, 0.25) is 5.91 Å². The fourth-order valence-corrected chi connectivity index (χ4v) is 3.62. The van der Waals surface area contributed by atoms with Crippen molar-refractivity contribution in [2.45, 2.75) is 45.1 Å². The summed E-state index contributed by atoms with van der Waals surface area (Å²) in [5, 5.41) is 1.16. The third kappa shape index (κ3) is 2.82. The molecule has 1 fully saturated rings. The molecule has 0 spiro atoms. The quantitative estimate of drug-likeness (QED) is 0.915. The van der Waals surface area contributed by atoms with Crippen molar-refractivity contribution in [3.8, 4) is 0 Å². The second-order valence-corrected chi connectivity index (χ2v) is 6.37. The minimum Gasteiger partial charge on any atom is -0.361 e. The molecule has 0 aliphatic heterocycles. The van der Waals surface area contributed by atoms with Crippen LogP contribution in [0.15, 0.2) is 30.5 Å². The average molecular weight is 284 g/mol. The Labute approximate surface area is 126 Å². The summed E-state index contributed by atoms with van der Waals surface area (Å²) in [6, 6.07) is 8.59. The molecule has 2 atom stereocenters. The molecule has 1 amide bonds. The van der Waals surface area contributed by atoms with Gasteiger partial charge in [-0.1, -0.05) is 38.0 Å². The van der Waals surface area contributed by atoms with Gasteiger partial charge in [-0.3, -0.25) is 4.79 Å². The summed E-state index contributed by atoms with van der Waals surface area (Å²) >= 11 is 0. The third-order valence-corrected chi connectivity index (χ3v) is 4.97. The maximum atomic E-state index is 12.6. The minimum atomic E-state index is 0.235. The number of aromatic nitrogens is 1. The van der Waals surface area contributed by atoms with Gasteiger partial charge in [0.05, 0.1) is 6.42 Å². The lowest BCUT2D eigenvalue weighted by molar-refractivity contribution is -0.132. The molecule has 0 bridgehead atoms. The molecule has 1 aromatic carbocycles. The molecule has 1 aliphatic carbocycles. The number of hydrogen-bond acceptors (Lipinski definition) is 1. The van der Waals surface area contributed by atoms with Crippen LogP contribution in [0.25, 0.3) is 10.9 Å². The van der Waals surface area contributed by atoms with E-state index in [0.29, 0.717) is 18.4 Å². The third-order valence-electron chi connectivity index (χ3n) is 4.97. The van der Waals surface area contributed by atoms with Crippen molar-refractivity contribution in [1.29, 1.82) is 0 Å². The van der Waals surface area contributed by atoms with E-state index in [1.54, 1.807) is 0 Å². The van der Waals surface area contributed by atoms with E-state index < -0.39 is 0 Å². The van der Waals surface area contributed by atoms with Crippen LogP contribution in [0.4, 0.5) is 0 Å². The lowest BCUT2D eigenvalue weighted by Gasteiger charge is -2.36. The molecule has 0 saturated heterocycles. The summed E-state index contributed by atoms with van der Waals surface area (Å²) in [5.41, 5.74) is 2.21. The normalized spacial score (nSPS) is 22.4. The Bertz CT molecular complexity index is 631. The second-order valence-electron chi connectivity index (χ2n) is 6.37. The van der Waals surface area contributed by atoms with Crippen LogP contribution >= 0.6 is 0 Å². The molecule has 1 saturated carbocycles. The number of nitrogens with zero attached hydrogens (tertiary/aromatic N) is 1. The van der Waals surface area contributed by atoms with Gasteiger partial charge in [-0.2, -0.15) is 0 Å². The predicted molar refractivity (Wildman–Crippen MR) is 86.2 cm³/mol. The Morgan fingerprint density at radius 2 is 2.05 bits per heavy atom. The van der Waals surface area contributed by atoms with Gasteiger partial charge in [-0.05, 0) is 30.4 Å². The highest BCUT2D eigenvalue weighted by Gasteiger charge is 2.27. The van der Waals surface area contributed by atoms with Crippen LogP contribution in [-0.2, 0) is 11.2 Å². The van der Waals surface area contributed by atoms with E-state index in [2.05, 4.69) is 24.0 Å². The molecule has 0 radical (unpaired) electrons. The van der Waals surface area contributed by atoms with E-state index in [4.69, 9.17) is 0 Å². The molecular weight excluding hydrogens is 260 g/mol. The van der Waals surface area contributed by atoms with Gasteiger partial charge in [-0.15, -0.1) is 0 Å². The van der Waals surface area contributed by atoms with Gasteiger partial charge in [-0.25, -0.2) is 0 Å². The molecule has 1 heterocycles. The minimum absolute atomic E-state index is 0.235. The zero-order chi connectivity index (χ0) is 14.8. The van der Waals surface area contributed by atoms with Crippen LogP contribution in [0.5, 0.6) is 0 Å². The molecule has 1 aromatic heterocycles. The summed E-state index contributed by atoms with van der Waals surface area (Å²) in [6.45, 7) is 2.28. The number of benzene rings is 1. The number of hydrogen-bond donors (Lipinski definition) is 1. The molecule has 1 N–H and O–H groups in total. The number of aromatic amines is 1. The number of carbonyl (C=O) groups is 1. The van der Waals surface area contributed by atoms with Crippen LogP contribution in [0.3, 0.4) is 0 Å². The summed E-state index contributed by atoms with van der Waals surface area (Å²) < 4.78 is 0. The fourth-order valence-electron chi connectivity index (χ4n) is 3.62. The zero-order valence-electron chi connectivity index (χ0n) is 12.9. The van der Waals surface area contributed by atoms with E-state index in [1.165, 1.54) is 19.3 Å². The number of likely N-dealkylation sites (N-methyl/N-ethyl adjacent to an activating group) is 1. The van der Waals surface area contributed by atoms with Crippen LogP contribution < -0.4 is 0 Å². The molecule has 2 aromatic rings. The highest BCUT2D eigenvalue weighted by molar-refractivity contribution is 5.88. The zero-order valence-corrected chi connectivity index (χ0v) is 12.9. The summed E-state index contributed by atoms with van der Waals surface area (Å²) in [6.07, 6.45) is 7.42. The molecule has 2 unspecified atom stereocenters. The lowest BCUT2D eigenvalue weighted by Crippen LogP contribution is -2.43. The largest absolute Gasteiger partial charge is 0.361 e. The standard InChI is InChI=1S/C18H24N2O/c1-13-7-3-6-10-17(13)20(2)18(21)11-14-12-19-16-9-5-4-8-15(14)16/h4-5,8-9,12-13,17,19H,3,6-7,10-11H2,1-2H3. The van der Waals surface area contributed by atoms with E-state index >= 15 is 0 Å². The van der Waals surface area contributed by atoms with Gasteiger partial charge in [0, 0.05) is 30.2 Å². The Kier molecular flexibility index (Phi) is 4.00. The van der Waals surface area contributed by atoms with Gasteiger partial charge in [0.25, 0.3) is 0 Å². The fraction of sp³-hybridized carbons (Fsp3) is 0.500. The second kappa shape index (κ2) is 5.92. The van der Waals surface area contributed by atoms with Crippen molar-refractivity contribution in [2.24, 2.45) is 5.92 Å². The molecule has 3 rings (SSSR count). The van der Waals surface area contributed by atoms with Crippen molar-refractivity contribution >= 4 is 16.8 Å². The number of amides is 1. The smallest absolute Gasteiger partial charge is 0.227 e. The highest BCUT2D eigenvalue weighted by Crippen LogP contribution is 2.28. The van der Waals surface area contributed by atoms with Gasteiger partial charge < -0.3 is 9.88 Å². The van der Waals surface area contributed by atoms with Crippen molar-refractivity contribution < 1.29 is 4.79 Å². The Morgan fingerprint density at radius 3 is 2.86 bits per heavy atom. The van der Waals surface area contributed by atoms with Gasteiger partial charge >= 0.3 is 0 Å². The lowest BCUT2D eigenvalue weighted by atomic mass is 9.85. The SMILES string of the molecule is CC1CCCCC1N(C)C(=O)Cc1c[nH]c2ccccc12. The predicted octanol–water partition coefficient (Wildman–Crippen LogP) is 3.75. The molecule has 112 valence electrons. The van der Waals surface area contributed by atoms with Gasteiger partial charge in [0.1, 0.15) is 0 Å². The number of para-hydroxylation sites is 1. The molecular formula is C18H24N2O.